The fourth-order valence-corrected chi connectivity index (χ4v) is 4.23. The lowest BCUT2D eigenvalue weighted by Gasteiger charge is -2.30. The Balaban J connectivity index is 1.53. The van der Waals surface area contributed by atoms with E-state index in [9.17, 15) is 0 Å². The molecule has 4 aromatic heterocycles. The average molecular weight is 416 g/mol. The molecule has 31 heavy (non-hydrogen) atoms. The number of ether oxygens (including phenoxy) is 1. The molecule has 9 heteroatoms. The third-order valence-corrected chi connectivity index (χ3v) is 6.15. The first kappa shape index (κ1) is 18.4. The molecule has 6 rings (SSSR count). The molecule has 0 radical (unpaired) electrons. The number of aryl methyl sites for hydroxylation is 1. The van der Waals surface area contributed by atoms with E-state index in [1.807, 2.05) is 26.8 Å². The molecule has 0 spiro atoms. The van der Waals surface area contributed by atoms with Crippen molar-refractivity contribution in [3.63, 3.8) is 0 Å². The van der Waals surface area contributed by atoms with Crippen LogP contribution < -0.4 is 5.32 Å². The van der Waals surface area contributed by atoms with Gasteiger partial charge in [0.25, 0.3) is 0 Å². The van der Waals surface area contributed by atoms with Crippen molar-refractivity contribution in [3.8, 4) is 11.4 Å². The molecule has 0 fully saturated rings. The number of hydrogen-bond donors (Lipinski definition) is 2. The summed E-state index contributed by atoms with van der Waals surface area (Å²) in [5.41, 5.74) is 3.66. The topological polar surface area (TPSA) is 106 Å². The second kappa shape index (κ2) is 6.58. The molecule has 0 saturated carbocycles. The summed E-state index contributed by atoms with van der Waals surface area (Å²) in [5.74, 6) is 2.78. The first-order valence-electron chi connectivity index (χ1n) is 10.6. The summed E-state index contributed by atoms with van der Waals surface area (Å²) in [6.07, 6.45) is 7.29. The van der Waals surface area contributed by atoms with Gasteiger partial charge in [-0.3, -0.25) is 5.10 Å². The molecule has 2 N–H and O–H groups in total. The number of nitrogens with zero attached hydrogens (tertiary/aromatic N) is 6. The van der Waals surface area contributed by atoms with Crippen LogP contribution in [0.1, 0.15) is 31.8 Å². The molecule has 1 aliphatic carbocycles. The van der Waals surface area contributed by atoms with Gasteiger partial charge in [-0.2, -0.15) is 5.10 Å². The molecule has 1 unspecified atom stereocenters. The fourth-order valence-electron chi connectivity index (χ4n) is 4.23. The van der Waals surface area contributed by atoms with Crippen molar-refractivity contribution in [2.45, 2.75) is 39.3 Å². The molecule has 1 atom stereocenters. The number of imidazole rings is 1. The van der Waals surface area contributed by atoms with Crippen molar-refractivity contribution in [1.29, 1.82) is 0 Å². The monoisotopic (exact) mass is 416 g/mol. The van der Waals surface area contributed by atoms with Crippen molar-refractivity contribution in [2.24, 2.45) is 5.92 Å². The summed E-state index contributed by atoms with van der Waals surface area (Å²) in [6, 6.07) is 2.04. The lowest BCUT2D eigenvalue weighted by Crippen LogP contribution is -2.33. The highest BCUT2D eigenvalue weighted by Gasteiger charge is 2.33. The number of H-pyrrole nitrogens is 1. The Morgan fingerprint density at radius 3 is 2.97 bits per heavy atom. The Hall–Kier alpha value is -3.33. The number of allylic oxidation sites excluding steroid dienone is 1. The minimum Gasteiger partial charge on any atom is -0.367 e. The van der Waals surface area contributed by atoms with Crippen molar-refractivity contribution in [3.05, 3.63) is 35.9 Å². The summed E-state index contributed by atoms with van der Waals surface area (Å²) in [5, 5.41) is 11.7. The van der Waals surface area contributed by atoms with Crippen LogP contribution in [0.4, 0.5) is 5.82 Å². The van der Waals surface area contributed by atoms with Gasteiger partial charge in [-0.15, -0.1) is 0 Å². The molecule has 5 heterocycles. The molecule has 0 bridgehead atoms. The maximum absolute atomic E-state index is 5.97. The van der Waals surface area contributed by atoms with E-state index in [-0.39, 0.29) is 0 Å². The van der Waals surface area contributed by atoms with Crippen LogP contribution in [-0.4, -0.2) is 47.9 Å². The Morgan fingerprint density at radius 2 is 2.16 bits per heavy atom. The van der Waals surface area contributed by atoms with Crippen molar-refractivity contribution >= 4 is 28.0 Å². The molecule has 9 nitrogen and oxygen atoms in total. The zero-order chi connectivity index (χ0) is 21.2. The van der Waals surface area contributed by atoms with E-state index in [2.05, 4.69) is 37.2 Å². The molecule has 1 aliphatic heterocycles. The number of anilines is 1. The number of hydrogen-bond acceptors (Lipinski definition) is 7. The van der Waals surface area contributed by atoms with E-state index < -0.39 is 5.60 Å². The average Bonchev–Trinajstić information content (AvgIpc) is 3.28. The highest BCUT2D eigenvalue weighted by molar-refractivity contribution is 5.87. The SMILES string of the molecule is Cc1[nH]nc2ncc(-c3nc(NCC4C=CC4)c4nc5n(c4n3)CCOC5(C)C)cc12. The maximum Gasteiger partial charge on any atom is 0.181 e. The first-order chi connectivity index (χ1) is 15.0. The van der Waals surface area contributed by atoms with Crippen molar-refractivity contribution in [1.82, 2.24) is 34.7 Å². The van der Waals surface area contributed by atoms with E-state index >= 15 is 0 Å². The summed E-state index contributed by atoms with van der Waals surface area (Å²) < 4.78 is 8.13. The number of fused-ring (bicyclic) bond motifs is 4. The number of nitrogens with one attached hydrogen (secondary N) is 2. The van der Waals surface area contributed by atoms with Gasteiger partial charge in [0.05, 0.1) is 6.61 Å². The third kappa shape index (κ3) is 2.91. The normalized spacial score (nSPS) is 19.5. The quantitative estimate of drug-likeness (QED) is 0.492. The fraction of sp³-hybridized carbons (Fsp3) is 0.409. The lowest BCUT2D eigenvalue weighted by atomic mass is 9.95. The van der Waals surface area contributed by atoms with Gasteiger partial charge in [-0.25, -0.2) is 19.9 Å². The predicted octanol–water partition coefficient (Wildman–Crippen LogP) is 3.33. The minimum atomic E-state index is -0.471. The van der Waals surface area contributed by atoms with E-state index in [4.69, 9.17) is 19.7 Å². The van der Waals surface area contributed by atoms with Gasteiger partial charge in [-0.1, -0.05) is 12.2 Å². The Kier molecular flexibility index (Phi) is 3.92. The van der Waals surface area contributed by atoms with Crippen molar-refractivity contribution < 1.29 is 4.74 Å². The number of pyridine rings is 1. The standard InChI is InChI=1S/C22H24N8O/c1-12-15-9-14(11-24-18(15)29-28-12)17-26-19(23-10-13-5-4-6-13)16-20(27-17)30-7-8-31-22(2,3)21(30)25-16/h4-5,9,11,13H,6-8,10H2,1-3H3,(H,23,26,27)(H,24,28,29). The largest absolute Gasteiger partial charge is 0.367 e. The molecular weight excluding hydrogens is 392 g/mol. The van der Waals surface area contributed by atoms with Crippen LogP contribution in [0, 0.1) is 12.8 Å². The number of aromatic nitrogens is 7. The second-order valence-electron chi connectivity index (χ2n) is 8.76. The predicted molar refractivity (Wildman–Crippen MR) is 118 cm³/mol. The van der Waals surface area contributed by atoms with Gasteiger partial charge >= 0.3 is 0 Å². The van der Waals surface area contributed by atoms with Crippen LogP contribution in [-0.2, 0) is 16.9 Å². The van der Waals surface area contributed by atoms with Gasteiger partial charge in [-0.05, 0) is 39.2 Å². The van der Waals surface area contributed by atoms with Crippen LogP contribution in [0.2, 0.25) is 0 Å². The third-order valence-electron chi connectivity index (χ3n) is 6.15. The second-order valence-corrected chi connectivity index (χ2v) is 8.76. The van der Waals surface area contributed by atoms with Crippen LogP contribution in [0.15, 0.2) is 24.4 Å². The lowest BCUT2D eigenvalue weighted by molar-refractivity contribution is -0.0530. The molecular formula is C22H24N8O. The van der Waals surface area contributed by atoms with Crippen LogP contribution in [0.25, 0.3) is 33.6 Å². The smallest absolute Gasteiger partial charge is 0.181 e. The van der Waals surface area contributed by atoms with E-state index in [1.54, 1.807) is 6.20 Å². The molecule has 4 aromatic rings. The molecule has 0 amide bonds. The van der Waals surface area contributed by atoms with Crippen LogP contribution in [0.5, 0.6) is 0 Å². The summed E-state index contributed by atoms with van der Waals surface area (Å²) >= 11 is 0. The number of rotatable bonds is 4. The molecule has 0 aromatic carbocycles. The van der Waals surface area contributed by atoms with Gasteiger partial charge in [0.15, 0.2) is 28.5 Å². The van der Waals surface area contributed by atoms with Crippen LogP contribution >= 0.6 is 0 Å². The van der Waals surface area contributed by atoms with Crippen molar-refractivity contribution in [2.75, 3.05) is 18.5 Å². The summed E-state index contributed by atoms with van der Waals surface area (Å²) in [7, 11) is 0. The van der Waals surface area contributed by atoms with Gasteiger partial charge in [0.1, 0.15) is 11.4 Å². The van der Waals surface area contributed by atoms with E-state index in [0.717, 1.165) is 52.4 Å². The highest BCUT2D eigenvalue weighted by Crippen LogP contribution is 2.34. The van der Waals surface area contributed by atoms with E-state index in [1.165, 1.54) is 0 Å². The molecule has 0 saturated heterocycles. The summed E-state index contributed by atoms with van der Waals surface area (Å²) in [6.45, 7) is 8.24. The Bertz CT molecular complexity index is 1350. The molecule has 2 aliphatic rings. The zero-order valence-corrected chi connectivity index (χ0v) is 17.8. The Labute approximate surface area is 179 Å². The van der Waals surface area contributed by atoms with Crippen LogP contribution in [0.3, 0.4) is 0 Å². The van der Waals surface area contributed by atoms with E-state index in [0.29, 0.717) is 30.5 Å². The zero-order valence-electron chi connectivity index (χ0n) is 17.8. The van der Waals surface area contributed by atoms with Gasteiger partial charge in [0.2, 0.25) is 0 Å². The number of aromatic amines is 1. The minimum absolute atomic E-state index is 0.471. The molecule has 158 valence electrons. The Morgan fingerprint density at radius 1 is 1.29 bits per heavy atom. The van der Waals surface area contributed by atoms with Gasteiger partial charge < -0.3 is 14.6 Å². The summed E-state index contributed by atoms with van der Waals surface area (Å²) in [4.78, 5) is 19.2. The highest BCUT2D eigenvalue weighted by atomic mass is 16.5. The first-order valence-corrected chi connectivity index (χ1v) is 10.6. The van der Waals surface area contributed by atoms with Gasteiger partial charge in [0, 0.05) is 35.9 Å². The maximum atomic E-state index is 5.97.